The highest BCUT2D eigenvalue weighted by molar-refractivity contribution is 5.93. The van der Waals surface area contributed by atoms with E-state index < -0.39 is 0 Å². The highest BCUT2D eigenvalue weighted by Gasteiger charge is 2.18. The van der Waals surface area contributed by atoms with Gasteiger partial charge in [-0.25, -0.2) is 15.0 Å². The molecule has 2 heterocycles. The summed E-state index contributed by atoms with van der Waals surface area (Å²) in [6.07, 6.45) is 3.08. The number of hydrogen-bond acceptors (Lipinski definition) is 6. The maximum Gasteiger partial charge on any atom is 0.268 e. The second-order valence-electron chi connectivity index (χ2n) is 5.52. The van der Waals surface area contributed by atoms with Crippen LogP contribution in [0.1, 0.15) is 10.4 Å². The van der Waals surface area contributed by atoms with Crippen LogP contribution in [0.25, 0.3) is 11.4 Å². The number of amides is 1. The first-order chi connectivity index (χ1) is 11.8. The van der Waals surface area contributed by atoms with E-state index in [1.807, 2.05) is 35.3 Å². The summed E-state index contributed by atoms with van der Waals surface area (Å²) in [5.41, 5.74) is 4.20. The normalized spacial score (nSPS) is 15.6. The number of nitrogens with one attached hydrogen (secondary N) is 1. The van der Waals surface area contributed by atoms with Crippen LogP contribution < -0.4 is 5.43 Å². The number of carbonyl (C=O) groups excluding carboxylic acids is 1. The molecule has 1 aromatic carbocycles. The Bertz CT molecular complexity index is 717. The Labute approximate surface area is 140 Å². The van der Waals surface area contributed by atoms with E-state index in [2.05, 4.69) is 26.4 Å². The number of rotatable bonds is 4. The number of aromatic nitrogens is 2. The number of nitriles is 1. The Morgan fingerprint density at radius 1 is 1.12 bits per heavy atom. The van der Waals surface area contributed by atoms with E-state index in [0.29, 0.717) is 31.0 Å². The van der Waals surface area contributed by atoms with Gasteiger partial charge in [0.05, 0.1) is 18.2 Å². The fraction of sp³-hybridized carbons (Fsp3) is 0.294. The van der Waals surface area contributed by atoms with E-state index in [1.165, 1.54) is 12.4 Å². The molecule has 0 unspecified atom stereocenters. The van der Waals surface area contributed by atoms with Crippen molar-refractivity contribution in [3.8, 4) is 17.5 Å². The van der Waals surface area contributed by atoms with E-state index >= 15 is 0 Å². The summed E-state index contributed by atoms with van der Waals surface area (Å²) in [7, 11) is 0. The molecule has 7 nitrogen and oxygen atoms in total. The molecule has 1 N–H and O–H groups in total. The molecule has 3 rings (SSSR count). The number of nitrogens with zero attached hydrogens (tertiary/aromatic N) is 5. The first-order valence-electron chi connectivity index (χ1n) is 7.79. The first-order valence-corrected chi connectivity index (χ1v) is 7.79. The smallest absolute Gasteiger partial charge is 0.268 e. The summed E-state index contributed by atoms with van der Waals surface area (Å²) in [5, 5.41) is 10.6. The van der Waals surface area contributed by atoms with Crippen LogP contribution in [0.4, 0.5) is 0 Å². The van der Waals surface area contributed by atoms with Crippen LogP contribution in [0.15, 0.2) is 42.7 Å². The predicted octanol–water partition coefficient (Wildman–Crippen LogP) is 0.930. The lowest BCUT2D eigenvalue weighted by Gasteiger charge is -2.33. The molecular weight excluding hydrogens is 304 g/mol. The number of benzene rings is 1. The van der Waals surface area contributed by atoms with Gasteiger partial charge in [0.25, 0.3) is 5.91 Å². The summed E-state index contributed by atoms with van der Waals surface area (Å²) in [6, 6.07) is 11.8. The van der Waals surface area contributed by atoms with E-state index in [1.54, 1.807) is 0 Å². The van der Waals surface area contributed by atoms with Crippen LogP contribution in [0, 0.1) is 11.3 Å². The zero-order valence-corrected chi connectivity index (χ0v) is 13.2. The van der Waals surface area contributed by atoms with Gasteiger partial charge in [-0.05, 0) is 0 Å². The molecule has 1 aromatic heterocycles. The Morgan fingerprint density at radius 2 is 1.79 bits per heavy atom. The molecule has 1 aliphatic rings. The lowest BCUT2D eigenvalue weighted by molar-refractivity contribution is 0.0642. The number of carbonyl (C=O) groups is 1. The zero-order chi connectivity index (χ0) is 16.8. The Kier molecular flexibility index (Phi) is 5.11. The number of hydrogen-bond donors (Lipinski definition) is 1. The summed E-state index contributed by atoms with van der Waals surface area (Å²) in [6.45, 7) is 3.33. The summed E-state index contributed by atoms with van der Waals surface area (Å²) in [4.78, 5) is 22.9. The van der Waals surface area contributed by atoms with Gasteiger partial charge >= 0.3 is 0 Å². The van der Waals surface area contributed by atoms with Crippen LogP contribution in [0.3, 0.4) is 0 Å². The lowest BCUT2D eigenvalue weighted by Crippen LogP contribution is -2.53. The largest absolute Gasteiger partial charge is 0.288 e. The van der Waals surface area contributed by atoms with Gasteiger partial charge in [0, 0.05) is 44.1 Å². The number of piperazine rings is 1. The van der Waals surface area contributed by atoms with E-state index in [4.69, 9.17) is 5.26 Å². The van der Waals surface area contributed by atoms with Crippen molar-refractivity contribution in [3.05, 3.63) is 48.3 Å². The molecule has 0 atom stereocenters. The minimum Gasteiger partial charge on any atom is -0.288 e. The molecule has 0 bridgehead atoms. The molecule has 0 aliphatic carbocycles. The van der Waals surface area contributed by atoms with Crippen molar-refractivity contribution in [3.63, 3.8) is 0 Å². The molecule has 0 saturated carbocycles. The first kappa shape index (κ1) is 16.1. The minimum absolute atomic E-state index is 0.219. The van der Waals surface area contributed by atoms with Crippen molar-refractivity contribution in [1.82, 2.24) is 25.3 Å². The topological polar surface area (TPSA) is 85.2 Å². The molecule has 0 spiro atoms. The van der Waals surface area contributed by atoms with E-state index in [-0.39, 0.29) is 5.91 Å². The third-order valence-electron chi connectivity index (χ3n) is 3.87. The molecule has 24 heavy (non-hydrogen) atoms. The fourth-order valence-corrected chi connectivity index (χ4v) is 2.51. The molecule has 2 aromatic rings. The lowest BCUT2D eigenvalue weighted by atomic mass is 10.2. The van der Waals surface area contributed by atoms with Crippen molar-refractivity contribution in [2.45, 2.75) is 0 Å². The van der Waals surface area contributed by atoms with Crippen LogP contribution in [0.2, 0.25) is 0 Å². The van der Waals surface area contributed by atoms with Gasteiger partial charge in [-0.2, -0.15) is 5.26 Å². The van der Waals surface area contributed by atoms with Crippen molar-refractivity contribution in [2.24, 2.45) is 0 Å². The monoisotopic (exact) mass is 322 g/mol. The van der Waals surface area contributed by atoms with E-state index in [9.17, 15) is 4.79 Å². The molecule has 1 aliphatic heterocycles. The van der Waals surface area contributed by atoms with Crippen molar-refractivity contribution in [2.75, 3.05) is 32.7 Å². The second kappa shape index (κ2) is 7.64. The summed E-state index contributed by atoms with van der Waals surface area (Å²) in [5.74, 6) is 0.376. The third-order valence-corrected chi connectivity index (χ3v) is 3.87. The maximum absolute atomic E-state index is 12.3. The van der Waals surface area contributed by atoms with Gasteiger partial charge in [0.2, 0.25) is 0 Å². The highest BCUT2D eigenvalue weighted by atomic mass is 16.2. The summed E-state index contributed by atoms with van der Waals surface area (Å²) < 4.78 is 0. The van der Waals surface area contributed by atoms with Crippen molar-refractivity contribution >= 4 is 5.91 Å². The molecule has 1 fully saturated rings. The average molecular weight is 322 g/mol. The Balaban J connectivity index is 1.57. The van der Waals surface area contributed by atoms with Crippen LogP contribution in [0.5, 0.6) is 0 Å². The average Bonchev–Trinajstić information content (AvgIpc) is 2.64. The molecule has 1 saturated heterocycles. The van der Waals surface area contributed by atoms with Crippen LogP contribution in [-0.2, 0) is 0 Å². The maximum atomic E-state index is 12.3. The second-order valence-corrected chi connectivity index (χ2v) is 5.52. The van der Waals surface area contributed by atoms with Gasteiger partial charge in [0.15, 0.2) is 5.82 Å². The molecule has 122 valence electrons. The quantitative estimate of drug-likeness (QED) is 0.843. The predicted molar refractivity (Wildman–Crippen MR) is 88.6 cm³/mol. The Morgan fingerprint density at radius 3 is 2.42 bits per heavy atom. The fourth-order valence-electron chi connectivity index (χ4n) is 2.51. The minimum atomic E-state index is -0.219. The van der Waals surface area contributed by atoms with Gasteiger partial charge in [-0.15, -0.1) is 0 Å². The zero-order valence-electron chi connectivity index (χ0n) is 13.2. The summed E-state index contributed by atoms with van der Waals surface area (Å²) >= 11 is 0. The highest BCUT2D eigenvalue weighted by Crippen LogP contribution is 2.13. The van der Waals surface area contributed by atoms with Gasteiger partial charge in [0.1, 0.15) is 0 Å². The SMILES string of the molecule is N#CCN1CCN(NC(=O)c2cnc(-c3ccccc3)nc2)CC1. The van der Waals surface area contributed by atoms with Gasteiger partial charge in [-0.3, -0.25) is 15.1 Å². The third kappa shape index (κ3) is 3.93. The van der Waals surface area contributed by atoms with Gasteiger partial charge in [-0.1, -0.05) is 30.3 Å². The molecule has 7 heteroatoms. The molecule has 0 radical (unpaired) electrons. The Hall–Kier alpha value is -2.82. The van der Waals surface area contributed by atoms with Crippen molar-refractivity contribution < 1.29 is 4.79 Å². The standard InChI is InChI=1S/C17H18N6O/c18-6-7-22-8-10-23(11-9-22)21-17(24)15-12-19-16(20-13-15)14-4-2-1-3-5-14/h1-5,12-13H,7-11H2,(H,21,24). The van der Waals surface area contributed by atoms with E-state index in [0.717, 1.165) is 18.7 Å². The van der Waals surface area contributed by atoms with Crippen molar-refractivity contribution in [1.29, 1.82) is 5.26 Å². The van der Waals surface area contributed by atoms with Crippen LogP contribution in [-0.4, -0.2) is 58.5 Å². The molecule has 1 amide bonds. The van der Waals surface area contributed by atoms with Gasteiger partial charge < -0.3 is 0 Å². The van der Waals surface area contributed by atoms with Crippen LogP contribution >= 0.6 is 0 Å². The molecular formula is C17H18N6O. The number of hydrazine groups is 1.